The lowest BCUT2D eigenvalue weighted by molar-refractivity contribution is -0.144. The van der Waals surface area contributed by atoms with Crippen molar-refractivity contribution in [1.82, 2.24) is 9.88 Å². The molecule has 0 bridgehead atoms. The van der Waals surface area contributed by atoms with Crippen LogP contribution in [0.1, 0.15) is 24.3 Å². The number of rotatable bonds is 3. The van der Waals surface area contributed by atoms with Crippen molar-refractivity contribution in [2.75, 3.05) is 6.54 Å². The van der Waals surface area contributed by atoms with Crippen LogP contribution in [0.2, 0.25) is 0 Å². The molecule has 2 aromatic rings. The van der Waals surface area contributed by atoms with E-state index in [9.17, 15) is 14.7 Å². The second-order valence-corrected chi connectivity index (χ2v) is 5.92. The minimum absolute atomic E-state index is 0.0460. The molecule has 0 radical (unpaired) electrons. The van der Waals surface area contributed by atoms with Gasteiger partial charge in [-0.1, -0.05) is 30.3 Å². The van der Waals surface area contributed by atoms with Crippen LogP contribution in [0.4, 0.5) is 4.79 Å². The number of carboxylic acids is 1. The highest BCUT2D eigenvalue weighted by Crippen LogP contribution is 2.33. The molecule has 0 saturated carbocycles. The Kier molecular flexibility index (Phi) is 4.46. The topological polar surface area (TPSA) is 90.7 Å². The minimum Gasteiger partial charge on any atom is -0.480 e. The summed E-state index contributed by atoms with van der Waals surface area (Å²) in [4.78, 5) is 27.7. The number of piperidine rings is 1. The molecular weight excluding hydrogens is 308 g/mol. The molecule has 1 aromatic heterocycles. The van der Waals surface area contributed by atoms with Gasteiger partial charge in [-0.15, -0.1) is 0 Å². The third kappa shape index (κ3) is 3.22. The maximum atomic E-state index is 11.4. The average molecular weight is 326 g/mol. The van der Waals surface area contributed by atoms with Crippen molar-refractivity contribution in [3.8, 4) is 11.1 Å². The first-order chi connectivity index (χ1) is 11.6. The summed E-state index contributed by atoms with van der Waals surface area (Å²) in [7, 11) is 0. The number of nitrogens with zero attached hydrogens (tertiary/aromatic N) is 2. The highest BCUT2D eigenvalue weighted by atomic mass is 16.4. The zero-order chi connectivity index (χ0) is 17.1. The summed E-state index contributed by atoms with van der Waals surface area (Å²) in [6.45, 7) is 0.237. The number of amides is 1. The van der Waals surface area contributed by atoms with Crippen LogP contribution in [0.5, 0.6) is 0 Å². The number of carboxylic acid groups (broad SMARTS) is 2. The molecule has 1 fully saturated rings. The number of hydrogen-bond donors (Lipinski definition) is 2. The van der Waals surface area contributed by atoms with Crippen molar-refractivity contribution < 1.29 is 19.8 Å². The highest BCUT2D eigenvalue weighted by molar-refractivity contribution is 5.79. The second-order valence-electron chi connectivity index (χ2n) is 5.92. The number of benzene rings is 1. The molecule has 2 heterocycles. The van der Waals surface area contributed by atoms with E-state index in [1.807, 2.05) is 36.4 Å². The summed E-state index contributed by atoms with van der Waals surface area (Å²) in [5.74, 6) is -1.04. The number of hydrogen-bond acceptors (Lipinski definition) is 3. The van der Waals surface area contributed by atoms with Gasteiger partial charge >= 0.3 is 12.1 Å². The lowest BCUT2D eigenvalue weighted by Crippen LogP contribution is -2.49. The van der Waals surface area contributed by atoms with Gasteiger partial charge in [0.25, 0.3) is 0 Å². The third-order valence-electron chi connectivity index (χ3n) is 4.51. The molecule has 124 valence electrons. The van der Waals surface area contributed by atoms with Gasteiger partial charge in [-0.2, -0.15) is 0 Å². The molecule has 1 amide bonds. The van der Waals surface area contributed by atoms with E-state index in [0.717, 1.165) is 21.6 Å². The summed E-state index contributed by atoms with van der Waals surface area (Å²) in [5, 5.41) is 18.4. The first kappa shape index (κ1) is 16.0. The molecule has 2 N–H and O–H groups in total. The fraction of sp³-hybridized carbons (Fsp3) is 0.278. The minimum atomic E-state index is -1.17. The Bertz CT molecular complexity index is 730. The van der Waals surface area contributed by atoms with Gasteiger partial charge in [-0.25, -0.2) is 9.59 Å². The molecule has 2 atom stereocenters. The maximum absolute atomic E-state index is 11.4. The molecule has 1 aliphatic heterocycles. The molecule has 0 aliphatic carbocycles. The van der Waals surface area contributed by atoms with Crippen molar-refractivity contribution in [2.45, 2.75) is 24.8 Å². The van der Waals surface area contributed by atoms with Gasteiger partial charge in [0, 0.05) is 18.9 Å². The number of aromatic nitrogens is 1. The molecule has 1 aliphatic rings. The van der Waals surface area contributed by atoms with Crippen LogP contribution >= 0.6 is 0 Å². The molecule has 24 heavy (non-hydrogen) atoms. The summed E-state index contributed by atoms with van der Waals surface area (Å²) in [6.07, 6.45) is 3.27. The third-order valence-corrected chi connectivity index (χ3v) is 4.51. The molecule has 1 unspecified atom stereocenters. The Labute approximate surface area is 139 Å². The monoisotopic (exact) mass is 326 g/mol. The van der Waals surface area contributed by atoms with Crippen LogP contribution in [-0.2, 0) is 4.79 Å². The summed E-state index contributed by atoms with van der Waals surface area (Å²) in [6, 6.07) is 10.8. The molecular formula is C18H18N2O4. The van der Waals surface area contributed by atoms with E-state index in [1.165, 1.54) is 0 Å². The Morgan fingerprint density at radius 3 is 2.42 bits per heavy atom. The van der Waals surface area contributed by atoms with Crippen LogP contribution < -0.4 is 0 Å². The van der Waals surface area contributed by atoms with Crippen molar-refractivity contribution in [3.05, 3.63) is 54.4 Å². The SMILES string of the molecule is O=C(O)[C@H]1CC(c2ccc(-c3cccnc3)cc2)CCN1C(=O)O. The molecule has 1 aromatic carbocycles. The van der Waals surface area contributed by atoms with Crippen LogP contribution in [0, 0.1) is 0 Å². The zero-order valence-electron chi connectivity index (χ0n) is 13.0. The van der Waals surface area contributed by atoms with Crippen molar-refractivity contribution in [1.29, 1.82) is 0 Å². The van der Waals surface area contributed by atoms with Crippen LogP contribution in [0.15, 0.2) is 48.8 Å². The zero-order valence-corrected chi connectivity index (χ0v) is 13.0. The van der Waals surface area contributed by atoms with Gasteiger partial charge in [-0.3, -0.25) is 9.88 Å². The van der Waals surface area contributed by atoms with Crippen LogP contribution in [0.3, 0.4) is 0 Å². The van der Waals surface area contributed by atoms with Crippen molar-refractivity contribution >= 4 is 12.1 Å². The normalized spacial score (nSPS) is 20.6. The van der Waals surface area contributed by atoms with Crippen molar-refractivity contribution in [3.63, 3.8) is 0 Å². The Hall–Kier alpha value is -2.89. The quantitative estimate of drug-likeness (QED) is 0.904. The van der Waals surface area contributed by atoms with E-state index in [4.69, 9.17) is 5.11 Å². The first-order valence-corrected chi connectivity index (χ1v) is 7.79. The fourth-order valence-electron chi connectivity index (χ4n) is 3.21. The molecule has 3 rings (SSSR count). The predicted octanol–water partition coefficient (Wildman–Crippen LogP) is 3.06. The average Bonchev–Trinajstić information content (AvgIpc) is 2.62. The largest absolute Gasteiger partial charge is 0.480 e. The number of carbonyl (C=O) groups is 2. The van der Waals surface area contributed by atoms with Gasteiger partial charge in [0.15, 0.2) is 0 Å². The number of pyridine rings is 1. The molecule has 6 heteroatoms. The molecule has 0 spiro atoms. The summed E-state index contributed by atoms with van der Waals surface area (Å²) in [5.41, 5.74) is 3.11. The lowest BCUT2D eigenvalue weighted by atomic mass is 9.85. The van der Waals surface area contributed by atoms with Gasteiger partial charge in [0.1, 0.15) is 6.04 Å². The maximum Gasteiger partial charge on any atom is 0.408 e. The standard InChI is InChI=1S/C18H18N2O4/c21-17(22)16-10-14(7-9-20(16)18(23)24)12-3-5-13(6-4-12)15-2-1-8-19-11-15/h1-6,8,11,14,16H,7,9-10H2,(H,21,22)(H,23,24)/t14?,16-/m1/s1. The van der Waals surface area contributed by atoms with E-state index < -0.39 is 18.1 Å². The van der Waals surface area contributed by atoms with Crippen LogP contribution in [-0.4, -0.2) is 44.7 Å². The van der Waals surface area contributed by atoms with E-state index in [1.54, 1.807) is 12.4 Å². The Morgan fingerprint density at radius 2 is 1.83 bits per heavy atom. The smallest absolute Gasteiger partial charge is 0.408 e. The van der Waals surface area contributed by atoms with E-state index in [-0.39, 0.29) is 12.5 Å². The lowest BCUT2D eigenvalue weighted by Gasteiger charge is -2.35. The fourth-order valence-corrected chi connectivity index (χ4v) is 3.21. The van der Waals surface area contributed by atoms with Crippen LogP contribution in [0.25, 0.3) is 11.1 Å². The van der Waals surface area contributed by atoms with Gasteiger partial charge in [0.05, 0.1) is 0 Å². The van der Waals surface area contributed by atoms with E-state index in [0.29, 0.717) is 12.8 Å². The number of aliphatic carboxylic acids is 1. The predicted molar refractivity (Wildman–Crippen MR) is 87.8 cm³/mol. The Balaban J connectivity index is 1.77. The Morgan fingerprint density at radius 1 is 1.08 bits per heavy atom. The molecule has 1 saturated heterocycles. The van der Waals surface area contributed by atoms with E-state index >= 15 is 0 Å². The van der Waals surface area contributed by atoms with E-state index in [2.05, 4.69) is 4.98 Å². The first-order valence-electron chi connectivity index (χ1n) is 7.79. The van der Waals surface area contributed by atoms with Gasteiger partial charge in [0.2, 0.25) is 0 Å². The highest BCUT2D eigenvalue weighted by Gasteiger charge is 2.36. The summed E-state index contributed by atoms with van der Waals surface area (Å²) >= 11 is 0. The number of likely N-dealkylation sites (tertiary alicyclic amines) is 1. The van der Waals surface area contributed by atoms with Crippen molar-refractivity contribution in [2.24, 2.45) is 0 Å². The second kappa shape index (κ2) is 6.70. The molecule has 6 nitrogen and oxygen atoms in total. The van der Waals surface area contributed by atoms with Gasteiger partial charge < -0.3 is 10.2 Å². The van der Waals surface area contributed by atoms with Gasteiger partial charge in [-0.05, 0) is 41.5 Å². The summed E-state index contributed by atoms with van der Waals surface area (Å²) < 4.78 is 0.